The van der Waals surface area contributed by atoms with Crippen molar-refractivity contribution in [3.8, 4) is 0 Å². The van der Waals surface area contributed by atoms with E-state index in [1.54, 1.807) is 0 Å². The first-order chi connectivity index (χ1) is 12.5. The lowest BCUT2D eigenvalue weighted by Gasteiger charge is -2.27. The summed E-state index contributed by atoms with van der Waals surface area (Å²) in [5.74, 6) is 1.18. The summed E-state index contributed by atoms with van der Waals surface area (Å²) in [7, 11) is 4.03. The molecule has 0 aliphatic carbocycles. The third kappa shape index (κ3) is 6.85. The Balaban J connectivity index is 0.00000364. The first kappa shape index (κ1) is 24.1. The van der Waals surface area contributed by atoms with Crippen LogP contribution in [0.25, 0.3) is 0 Å². The number of halogens is 2. The van der Waals surface area contributed by atoms with Crippen LogP contribution in [-0.4, -0.2) is 59.0 Å². The van der Waals surface area contributed by atoms with E-state index < -0.39 is 0 Å². The summed E-state index contributed by atoms with van der Waals surface area (Å²) in [4.78, 5) is 20.9. The van der Waals surface area contributed by atoms with E-state index in [0.29, 0.717) is 24.9 Å². The van der Waals surface area contributed by atoms with Crippen LogP contribution in [0.1, 0.15) is 45.2 Å². The summed E-state index contributed by atoms with van der Waals surface area (Å²) in [6.07, 6.45) is 5.48. The van der Waals surface area contributed by atoms with Crippen molar-refractivity contribution in [2.75, 3.05) is 26.7 Å². The SMILES string of the molecule is CCNC(=NCCC(CC)N1CCCC1=O)N(C)Cc1cc(Cl)cn1C.I. The van der Waals surface area contributed by atoms with Gasteiger partial charge >= 0.3 is 0 Å². The molecule has 1 aromatic heterocycles. The molecular weight excluding hydrogens is 477 g/mol. The number of carbonyl (C=O) groups is 1. The highest BCUT2D eigenvalue weighted by Gasteiger charge is 2.26. The highest BCUT2D eigenvalue weighted by molar-refractivity contribution is 14.0. The zero-order valence-corrected chi connectivity index (χ0v) is 20.0. The highest BCUT2D eigenvalue weighted by Crippen LogP contribution is 2.18. The van der Waals surface area contributed by atoms with Gasteiger partial charge in [-0.1, -0.05) is 18.5 Å². The number of nitrogens with one attached hydrogen (secondary N) is 1. The van der Waals surface area contributed by atoms with Gasteiger partial charge < -0.3 is 19.7 Å². The molecule has 6 nitrogen and oxygen atoms in total. The van der Waals surface area contributed by atoms with Crippen LogP contribution in [-0.2, 0) is 18.4 Å². The van der Waals surface area contributed by atoms with E-state index in [4.69, 9.17) is 16.6 Å². The molecule has 0 radical (unpaired) electrons. The molecule has 154 valence electrons. The Morgan fingerprint density at radius 2 is 2.19 bits per heavy atom. The van der Waals surface area contributed by atoms with Crippen molar-refractivity contribution in [3.05, 3.63) is 23.0 Å². The van der Waals surface area contributed by atoms with Crippen LogP contribution in [0.4, 0.5) is 0 Å². The molecule has 1 aliphatic rings. The van der Waals surface area contributed by atoms with Gasteiger partial charge in [0.2, 0.25) is 5.91 Å². The summed E-state index contributed by atoms with van der Waals surface area (Å²) in [6, 6.07) is 2.28. The number of aryl methyl sites for hydroxylation is 1. The zero-order chi connectivity index (χ0) is 19.1. The van der Waals surface area contributed by atoms with Gasteiger partial charge in [0.15, 0.2) is 5.96 Å². The molecule has 27 heavy (non-hydrogen) atoms. The molecular formula is C19H33ClIN5O. The predicted octanol–water partition coefficient (Wildman–Crippen LogP) is 3.48. The fraction of sp³-hybridized carbons (Fsp3) is 0.684. The molecule has 0 aromatic carbocycles. The van der Waals surface area contributed by atoms with Gasteiger partial charge in [0.05, 0.1) is 11.6 Å². The van der Waals surface area contributed by atoms with Crippen molar-refractivity contribution >= 4 is 47.4 Å². The topological polar surface area (TPSA) is 52.9 Å². The Labute approximate surface area is 185 Å². The summed E-state index contributed by atoms with van der Waals surface area (Å²) in [6.45, 7) is 7.38. The first-order valence-corrected chi connectivity index (χ1v) is 9.93. The van der Waals surface area contributed by atoms with E-state index in [0.717, 1.165) is 55.6 Å². The lowest BCUT2D eigenvalue weighted by Crippen LogP contribution is -2.39. The molecule has 1 unspecified atom stereocenters. The number of amides is 1. The maximum absolute atomic E-state index is 12.0. The van der Waals surface area contributed by atoms with Crippen molar-refractivity contribution in [2.24, 2.45) is 12.0 Å². The lowest BCUT2D eigenvalue weighted by molar-refractivity contribution is -0.129. The molecule has 0 spiro atoms. The number of guanidine groups is 1. The van der Waals surface area contributed by atoms with Gasteiger partial charge in [0, 0.05) is 58.1 Å². The van der Waals surface area contributed by atoms with E-state index in [1.807, 2.05) is 35.8 Å². The van der Waals surface area contributed by atoms with Gasteiger partial charge in [-0.2, -0.15) is 0 Å². The maximum Gasteiger partial charge on any atom is 0.222 e. The van der Waals surface area contributed by atoms with Crippen LogP contribution in [0, 0.1) is 0 Å². The van der Waals surface area contributed by atoms with Gasteiger partial charge in [0.25, 0.3) is 0 Å². The molecule has 0 saturated carbocycles. The van der Waals surface area contributed by atoms with Gasteiger partial charge in [-0.15, -0.1) is 24.0 Å². The Morgan fingerprint density at radius 3 is 2.70 bits per heavy atom. The zero-order valence-electron chi connectivity index (χ0n) is 16.9. The fourth-order valence-electron chi connectivity index (χ4n) is 3.47. The number of likely N-dealkylation sites (tertiary alicyclic amines) is 1. The molecule has 1 fully saturated rings. The van der Waals surface area contributed by atoms with Crippen LogP contribution >= 0.6 is 35.6 Å². The van der Waals surface area contributed by atoms with Gasteiger partial charge in [0.1, 0.15) is 0 Å². The lowest BCUT2D eigenvalue weighted by atomic mass is 10.1. The molecule has 2 heterocycles. The van der Waals surface area contributed by atoms with Gasteiger partial charge in [-0.05, 0) is 32.3 Å². The van der Waals surface area contributed by atoms with Crippen LogP contribution < -0.4 is 5.32 Å². The Morgan fingerprint density at radius 1 is 1.44 bits per heavy atom. The minimum atomic E-state index is 0. The molecule has 1 aliphatic heterocycles. The Kier molecular flexibility index (Phi) is 10.5. The third-order valence-electron chi connectivity index (χ3n) is 4.92. The summed E-state index contributed by atoms with van der Waals surface area (Å²) in [5, 5.41) is 4.10. The third-order valence-corrected chi connectivity index (χ3v) is 5.12. The molecule has 1 saturated heterocycles. The maximum atomic E-state index is 12.0. The van der Waals surface area contributed by atoms with E-state index in [-0.39, 0.29) is 24.0 Å². The van der Waals surface area contributed by atoms with Crippen molar-refractivity contribution < 1.29 is 4.79 Å². The number of hydrogen-bond acceptors (Lipinski definition) is 2. The molecule has 0 bridgehead atoms. The van der Waals surface area contributed by atoms with Crippen molar-refractivity contribution in [2.45, 2.75) is 52.1 Å². The number of aromatic nitrogens is 1. The fourth-order valence-corrected chi connectivity index (χ4v) is 3.74. The average Bonchev–Trinajstić information content (AvgIpc) is 3.15. The van der Waals surface area contributed by atoms with Crippen LogP contribution in [0.15, 0.2) is 17.3 Å². The largest absolute Gasteiger partial charge is 0.357 e. The smallest absolute Gasteiger partial charge is 0.222 e. The van der Waals surface area contributed by atoms with Crippen LogP contribution in [0.2, 0.25) is 5.02 Å². The van der Waals surface area contributed by atoms with Crippen LogP contribution in [0.3, 0.4) is 0 Å². The molecule has 1 N–H and O–H groups in total. The number of rotatable bonds is 8. The van der Waals surface area contributed by atoms with Gasteiger partial charge in [-0.3, -0.25) is 9.79 Å². The van der Waals surface area contributed by atoms with E-state index in [9.17, 15) is 4.79 Å². The molecule has 8 heteroatoms. The Hall–Kier alpha value is -0.960. The number of hydrogen-bond donors (Lipinski definition) is 1. The normalized spacial score (nSPS) is 15.7. The summed E-state index contributed by atoms with van der Waals surface area (Å²) in [5.41, 5.74) is 1.14. The molecule has 1 aromatic rings. The first-order valence-electron chi connectivity index (χ1n) is 9.55. The molecule has 2 rings (SSSR count). The number of nitrogens with zero attached hydrogens (tertiary/aromatic N) is 4. The highest BCUT2D eigenvalue weighted by atomic mass is 127. The summed E-state index contributed by atoms with van der Waals surface area (Å²) >= 11 is 6.08. The van der Waals surface area contributed by atoms with E-state index in [1.165, 1.54) is 0 Å². The number of carbonyl (C=O) groups excluding carboxylic acids is 1. The van der Waals surface area contributed by atoms with Crippen molar-refractivity contribution in [1.29, 1.82) is 0 Å². The van der Waals surface area contributed by atoms with Gasteiger partial charge in [-0.25, -0.2) is 0 Å². The average molecular weight is 510 g/mol. The second-order valence-corrected chi connectivity index (χ2v) is 7.33. The second-order valence-electron chi connectivity index (χ2n) is 6.89. The minimum absolute atomic E-state index is 0. The monoisotopic (exact) mass is 509 g/mol. The second kappa shape index (κ2) is 11.8. The standard InChI is InChI=1S/C19H32ClN5O.HI/c1-5-16(25-11-7-8-18(25)26)9-10-22-19(21-6-2)24(4)14-17-12-15(20)13-23(17)3;/h12-13,16H,5-11,14H2,1-4H3,(H,21,22);1H. The molecule has 1 amide bonds. The van der Waals surface area contributed by atoms with E-state index in [2.05, 4.69) is 24.1 Å². The van der Waals surface area contributed by atoms with E-state index >= 15 is 0 Å². The Bertz CT molecular complexity index is 634. The van der Waals surface area contributed by atoms with Crippen molar-refractivity contribution in [1.82, 2.24) is 19.7 Å². The minimum Gasteiger partial charge on any atom is -0.357 e. The van der Waals surface area contributed by atoms with Crippen LogP contribution in [0.5, 0.6) is 0 Å². The quantitative estimate of drug-likeness (QED) is 0.332. The number of aliphatic imine (C=N–C) groups is 1. The predicted molar refractivity (Wildman–Crippen MR) is 123 cm³/mol. The molecule has 1 atom stereocenters. The van der Waals surface area contributed by atoms with Crippen molar-refractivity contribution in [3.63, 3.8) is 0 Å². The summed E-state index contributed by atoms with van der Waals surface area (Å²) < 4.78 is 2.04.